The summed E-state index contributed by atoms with van der Waals surface area (Å²) in [5.41, 5.74) is 4.73. The number of carbonyl (C=O) groups excluding carboxylic acids is 3. The van der Waals surface area contributed by atoms with Crippen molar-refractivity contribution in [2.24, 2.45) is 0 Å². The van der Waals surface area contributed by atoms with Crippen LogP contribution in [-0.2, 0) is 16.0 Å². The van der Waals surface area contributed by atoms with E-state index in [1.54, 1.807) is 24.3 Å². The molecule has 0 bridgehead atoms. The molecule has 8 nitrogen and oxygen atoms in total. The van der Waals surface area contributed by atoms with Crippen molar-refractivity contribution >= 4 is 45.8 Å². The zero-order valence-electron chi connectivity index (χ0n) is 17.3. The Morgan fingerprint density at radius 2 is 2.06 bits per heavy atom. The van der Waals surface area contributed by atoms with Crippen LogP contribution in [-0.4, -0.2) is 36.0 Å². The molecule has 2 aliphatic rings. The highest BCUT2D eigenvalue weighted by Gasteiger charge is 2.24. The van der Waals surface area contributed by atoms with Gasteiger partial charge < -0.3 is 10.1 Å². The highest BCUT2D eigenvalue weighted by Crippen LogP contribution is 2.34. The van der Waals surface area contributed by atoms with Crippen molar-refractivity contribution in [2.45, 2.75) is 19.8 Å². The first kappa shape index (κ1) is 20.2. The third-order valence-corrected chi connectivity index (χ3v) is 6.36. The van der Waals surface area contributed by atoms with Gasteiger partial charge in [0.05, 0.1) is 12.2 Å². The molecule has 2 aromatic carbocycles. The lowest BCUT2D eigenvalue weighted by molar-refractivity contribution is -0.116. The van der Waals surface area contributed by atoms with Crippen LogP contribution < -0.4 is 15.5 Å². The Morgan fingerprint density at radius 3 is 2.88 bits per heavy atom. The lowest BCUT2D eigenvalue weighted by atomic mass is 9.99. The van der Waals surface area contributed by atoms with Gasteiger partial charge in [-0.3, -0.25) is 19.8 Å². The van der Waals surface area contributed by atoms with Crippen molar-refractivity contribution in [3.8, 4) is 11.3 Å². The molecule has 2 N–H and O–H groups in total. The van der Waals surface area contributed by atoms with Crippen LogP contribution in [0, 0.1) is 6.92 Å². The third-order valence-electron chi connectivity index (χ3n) is 5.47. The largest absolute Gasteiger partial charge is 0.447 e. The highest BCUT2D eigenvalue weighted by molar-refractivity contribution is 7.16. The van der Waals surface area contributed by atoms with Crippen LogP contribution in [0.3, 0.4) is 0 Å². The molecule has 0 atom stereocenters. The molecule has 3 amide bonds. The third kappa shape index (κ3) is 3.82. The van der Waals surface area contributed by atoms with Gasteiger partial charge in [-0.05, 0) is 49.2 Å². The van der Waals surface area contributed by atoms with E-state index in [9.17, 15) is 14.4 Å². The van der Waals surface area contributed by atoms with E-state index in [0.29, 0.717) is 42.4 Å². The second-order valence-electron chi connectivity index (χ2n) is 7.61. The minimum absolute atomic E-state index is 0.0331. The number of nitrogens with zero attached hydrogens (tertiary/aromatic N) is 2. The number of aromatic nitrogens is 1. The van der Waals surface area contributed by atoms with Crippen LogP contribution in [0.15, 0.2) is 42.5 Å². The zero-order valence-corrected chi connectivity index (χ0v) is 18.1. The molecule has 1 fully saturated rings. The molecule has 0 aliphatic carbocycles. The van der Waals surface area contributed by atoms with Gasteiger partial charge in [0, 0.05) is 33.8 Å². The fourth-order valence-electron chi connectivity index (χ4n) is 3.86. The number of hydrogen-bond acceptors (Lipinski definition) is 6. The molecule has 1 saturated heterocycles. The van der Waals surface area contributed by atoms with Crippen LogP contribution in [0.5, 0.6) is 0 Å². The van der Waals surface area contributed by atoms with Gasteiger partial charge in [-0.15, -0.1) is 11.3 Å². The number of ether oxygens (including phenoxy) is 1. The number of amides is 3. The summed E-state index contributed by atoms with van der Waals surface area (Å²) in [5, 5.41) is 6.25. The molecule has 9 heteroatoms. The minimum atomic E-state index is -0.410. The molecular formula is C23H20N4O4S. The number of nitrogens with one attached hydrogen (secondary N) is 2. The number of anilines is 3. The van der Waals surface area contributed by atoms with Crippen LogP contribution in [0.2, 0.25) is 0 Å². The van der Waals surface area contributed by atoms with E-state index < -0.39 is 6.09 Å². The number of carbonyl (C=O) groups is 3. The van der Waals surface area contributed by atoms with Crippen molar-refractivity contribution in [1.29, 1.82) is 0 Å². The summed E-state index contributed by atoms with van der Waals surface area (Å²) in [6.07, 6.45) is 0.761. The Hall–Kier alpha value is -3.72. The number of benzene rings is 2. The second kappa shape index (κ2) is 8.08. The number of hydrogen-bond donors (Lipinski definition) is 2. The van der Waals surface area contributed by atoms with Crippen LogP contribution in [0.25, 0.3) is 11.3 Å². The first-order chi connectivity index (χ1) is 15.5. The maximum absolute atomic E-state index is 12.8. The number of aryl methyl sites for hydroxylation is 2. The molecule has 5 rings (SSSR count). The van der Waals surface area contributed by atoms with Gasteiger partial charge in [-0.1, -0.05) is 12.1 Å². The summed E-state index contributed by atoms with van der Waals surface area (Å²) < 4.78 is 4.97. The number of rotatable bonds is 4. The lowest BCUT2D eigenvalue weighted by Gasteiger charge is -2.17. The maximum Gasteiger partial charge on any atom is 0.414 e. The zero-order chi connectivity index (χ0) is 22.2. The quantitative estimate of drug-likeness (QED) is 0.623. The molecule has 0 spiro atoms. The van der Waals surface area contributed by atoms with E-state index in [-0.39, 0.29) is 11.8 Å². The van der Waals surface area contributed by atoms with Gasteiger partial charge in [-0.25, -0.2) is 9.78 Å². The molecule has 0 unspecified atom stereocenters. The van der Waals surface area contributed by atoms with Gasteiger partial charge in [0.25, 0.3) is 5.91 Å². The van der Waals surface area contributed by atoms with E-state index in [2.05, 4.69) is 15.6 Å². The van der Waals surface area contributed by atoms with E-state index in [1.807, 2.05) is 25.1 Å². The molecule has 0 radical (unpaired) electrons. The van der Waals surface area contributed by atoms with E-state index in [4.69, 9.17) is 4.74 Å². The van der Waals surface area contributed by atoms with Gasteiger partial charge in [-0.2, -0.15) is 0 Å². The summed E-state index contributed by atoms with van der Waals surface area (Å²) >= 11 is 1.40. The van der Waals surface area contributed by atoms with Gasteiger partial charge in [0.2, 0.25) is 5.91 Å². The smallest absolute Gasteiger partial charge is 0.414 e. The van der Waals surface area contributed by atoms with Gasteiger partial charge >= 0.3 is 6.09 Å². The molecular weight excluding hydrogens is 428 g/mol. The predicted molar refractivity (Wildman–Crippen MR) is 122 cm³/mol. The van der Waals surface area contributed by atoms with Crippen LogP contribution >= 0.6 is 11.3 Å². The van der Waals surface area contributed by atoms with Crippen molar-refractivity contribution in [1.82, 2.24) is 4.98 Å². The van der Waals surface area contributed by atoms with Crippen LogP contribution in [0.4, 0.5) is 21.3 Å². The monoisotopic (exact) mass is 448 g/mol. The summed E-state index contributed by atoms with van der Waals surface area (Å²) in [6.45, 7) is 2.76. The normalized spacial score (nSPS) is 15.2. The van der Waals surface area contributed by atoms with Crippen molar-refractivity contribution < 1.29 is 19.1 Å². The Balaban J connectivity index is 1.35. The molecule has 32 heavy (non-hydrogen) atoms. The summed E-state index contributed by atoms with van der Waals surface area (Å²) in [7, 11) is 0. The second-order valence-corrected chi connectivity index (χ2v) is 8.82. The Labute approximate surface area is 188 Å². The molecule has 3 heterocycles. The summed E-state index contributed by atoms with van der Waals surface area (Å²) in [5.74, 6) is -0.265. The first-order valence-electron chi connectivity index (χ1n) is 10.2. The van der Waals surface area contributed by atoms with Crippen molar-refractivity contribution in [3.05, 3.63) is 58.5 Å². The minimum Gasteiger partial charge on any atom is -0.447 e. The average molecular weight is 449 g/mol. The van der Waals surface area contributed by atoms with Gasteiger partial charge in [0.1, 0.15) is 6.61 Å². The fourth-order valence-corrected chi connectivity index (χ4v) is 4.69. The molecule has 162 valence electrons. The van der Waals surface area contributed by atoms with Crippen molar-refractivity contribution in [2.75, 3.05) is 28.7 Å². The molecule has 2 aliphatic heterocycles. The average Bonchev–Trinajstić information content (AvgIpc) is 3.38. The molecule has 0 saturated carbocycles. The Kier molecular flexibility index (Phi) is 5.10. The standard InChI is InChI=1S/C23H20N4O4S/c1-13-20(15-5-7-18-14(11-15)6-8-19(28)24-18)25-22(32-13)26-21(29)16-3-2-4-17(12-16)27-9-10-31-23(27)30/h2-5,7,11-12H,6,8-10H2,1H3,(H,24,28)(H,25,26,29). The lowest BCUT2D eigenvalue weighted by Crippen LogP contribution is -2.23. The van der Waals surface area contributed by atoms with E-state index in [1.165, 1.54) is 16.2 Å². The molecule has 3 aromatic rings. The highest BCUT2D eigenvalue weighted by atomic mass is 32.1. The predicted octanol–water partition coefficient (Wildman–Crippen LogP) is 4.21. The summed E-state index contributed by atoms with van der Waals surface area (Å²) in [4.78, 5) is 43.3. The maximum atomic E-state index is 12.8. The number of fused-ring (bicyclic) bond motifs is 1. The summed E-state index contributed by atoms with van der Waals surface area (Å²) in [6, 6.07) is 12.7. The number of cyclic esters (lactones) is 1. The Bertz CT molecular complexity index is 1250. The fraction of sp³-hybridized carbons (Fsp3) is 0.217. The topological polar surface area (TPSA) is 101 Å². The van der Waals surface area contributed by atoms with Crippen molar-refractivity contribution in [3.63, 3.8) is 0 Å². The molecule has 1 aromatic heterocycles. The van der Waals surface area contributed by atoms with Crippen LogP contribution in [0.1, 0.15) is 27.2 Å². The first-order valence-corrected chi connectivity index (χ1v) is 11.1. The number of thiazole rings is 1. The van der Waals surface area contributed by atoms with Gasteiger partial charge in [0.15, 0.2) is 5.13 Å². The Morgan fingerprint density at radius 1 is 1.19 bits per heavy atom. The van der Waals surface area contributed by atoms with E-state index >= 15 is 0 Å². The van der Waals surface area contributed by atoms with E-state index in [0.717, 1.165) is 27.4 Å². The SMILES string of the molecule is Cc1sc(NC(=O)c2cccc(N3CCOC3=O)c2)nc1-c1ccc2c(c1)CCC(=O)N2.